The van der Waals surface area contributed by atoms with Gasteiger partial charge in [-0.05, 0) is 56.6 Å². The predicted molar refractivity (Wildman–Crippen MR) is 143 cm³/mol. The Balaban J connectivity index is 1.48. The third kappa shape index (κ3) is 4.27. The second kappa shape index (κ2) is 8.60. The summed E-state index contributed by atoms with van der Waals surface area (Å²) < 4.78 is 0. The Bertz CT molecular complexity index is 1390. The summed E-state index contributed by atoms with van der Waals surface area (Å²) in [5.41, 5.74) is 8.60. The van der Waals surface area contributed by atoms with Gasteiger partial charge >= 0.3 is 0 Å². The van der Waals surface area contributed by atoms with Crippen molar-refractivity contribution in [2.45, 2.75) is 26.2 Å². The molecule has 5 rings (SSSR count). The lowest BCUT2D eigenvalue weighted by Gasteiger charge is -2.22. The topological polar surface area (TPSA) is 12.0 Å². The molecule has 0 aliphatic heterocycles. The van der Waals surface area contributed by atoms with Crippen LogP contribution in [0.3, 0.4) is 0 Å². The molecule has 1 heteroatoms. The molecule has 0 saturated carbocycles. The molecule has 0 spiro atoms. The van der Waals surface area contributed by atoms with Gasteiger partial charge in [-0.1, -0.05) is 118 Å². The maximum Gasteiger partial charge on any atom is 0.0463 e. The van der Waals surface area contributed by atoms with Crippen molar-refractivity contribution in [2.75, 3.05) is 5.32 Å². The highest BCUT2D eigenvalue weighted by atomic mass is 14.9. The van der Waals surface area contributed by atoms with E-state index in [4.69, 9.17) is 0 Å². The molecule has 0 radical (unpaired) electrons. The highest BCUT2D eigenvalue weighted by molar-refractivity contribution is 5.99. The fourth-order valence-corrected chi connectivity index (χ4v) is 4.55. The Morgan fingerprint density at radius 1 is 0.485 bits per heavy atom. The highest BCUT2D eigenvalue weighted by Crippen LogP contribution is 2.37. The van der Waals surface area contributed by atoms with Gasteiger partial charge in [0, 0.05) is 16.9 Å². The molecular formula is C32H29N. The zero-order chi connectivity index (χ0) is 22.8. The highest BCUT2D eigenvalue weighted by Gasteiger charge is 2.18. The molecule has 0 bridgehead atoms. The smallest absolute Gasteiger partial charge is 0.0463 e. The van der Waals surface area contributed by atoms with Crippen LogP contribution >= 0.6 is 0 Å². The number of nitrogens with one attached hydrogen (secondary N) is 1. The Morgan fingerprint density at radius 3 is 1.82 bits per heavy atom. The number of anilines is 2. The third-order valence-corrected chi connectivity index (χ3v) is 6.22. The van der Waals surface area contributed by atoms with E-state index in [1.54, 1.807) is 0 Å². The first-order valence-electron chi connectivity index (χ1n) is 11.5. The molecule has 0 aromatic heterocycles. The van der Waals surface area contributed by atoms with E-state index in [0.717, 1.165) is 11.4 Å². The van der Waals surface area contributed by atoms with Crippen molar-refractivity contribution >= 4 is 22.1 Å². The van der Waals surface area contributed by atoms with Gasteiger partial charge in [0.1, 0.15) is 0 Å². The predicted octanol–water partition coefficient (Wildman–Crippen LogP) is 9.21. The Morgan fingerprint density at radius 2 is 1.09 bits per heavy atom. The van der Waals surface area contributed by atoms with Crippen LogP contribution in [-0.4, -0.2) is 0 Å². The number of hydrogen-bond donors (Lipinski definition) is 1. The summed E-state index contributed by atoms with van der Waals surface area (Å²) in [4.78, 5) is 0. The minimum absolute atomic E-state index is 0.109. The molecule has 1 N–H and O–H groups in total. The van der Waals surface area contributed by atoms with Crippen molar-refractivity contribution < 1.29 is 0 Å². The lowest BCUT2D eigenvalue weighted by molar-refractivity contribution is 0.596. The van der Waals surface area contributed by atoms with Crippen LogP contribution in [0.1, 0.15) is 26.3 Å². The maximum atomic E-state index is 3.62. The van der Waals surface area contributed by atoms with Gasteiger partial charge in [-0.2, -0.15) is 0 Å². The van der Waals surface area contributed by atoms with Crippen LogP contribution in [0.5, 0.6) is 0 Å². The quantitative estimate of drug-likeness (QED) is 0.301. The molecule has 5 aromatic rings. The summed E-state index contributed by atoms with van der Waals surface area (Å²) in [6.45, 7) is 6.84. The van der Waals surface area contributed by atoms with Crippen LogP contribution in [0, 0.1) is 0 Å². The minimum atomic E-state index is 0.109. The van der Waals surface area contributed by atoms with Crippen LogP contribution in [0.4, 0.5) is 11.4 Å². The SMILES string of the molecule is CC(C)(C)c1ccc(-c2ccc(Nc3ccccc3-c3ccccc3)cc2)c2ccccc12. The molecule has 0 aliphatic carbocycles. The number of fused-ring (bicyclic) bond motifs is 1. The molecule has 5 aromatic carbocycles. The van der Waals surface area contributed by atoms with E-state index in [0.29, 0.717) is 0 Å². The summed E-state index contributed by atoms with van der Waals surface area (Å²) in [6, 6.07) is 41.1. The summed E-state index contributed by atoms with van der Waals surface area (Å²) >= 11 is 0. The second-order valence-electron chi connectivity index (χ2n) is 9.57. The monoisotopic (exact) mass is 427 g/mol. The first-order chi connectivity index (χ1) is 16.0. The Kier molecular flexibility index (Phi) is 5.48. The fourth-order valence-electron chi connectivity index (χ4n) is 4.55. The third-order valence-electron chi connectivity index (χ3n) is 6.22. The van der Waals surface area contributed by atoms with Crippen molar-refractivity contribution in [3.63, 3.8) is 0 Å². The number of benzene rings is 5. The van der Waals surface area contributed by atoms with Crippen LogP contribution in [-0.2, 0) is 5.41 Å². The summed E-state index contributed by atoms with van der Waals surface area (Å²) in [6.07, 6.45) is 0. The molecule has 0 saturated heterocycles. The molecule has 1 nitrogen and oxygen atoms in total. The molecule has 0 aliphatic rings. The second-order valence-corrected chi connectivity index (χ2v) is 9.57. The lowest BCUT2D eigenvalue weighted by atomic mass is 9.82. The normalized spacial score (nSPS) is 11.5. The Labute approximate surface area is 196 Å². The standard InChI is InChI=1S/C32H29N/c1-32(2,3)30-22-21-26(28-14-7-8-15-29(28)30)24-17-19-25(20-18-24)33-31-16-10-9-13-27(31)23-11-5-4-6-12-23/h4-22,33H,1-3H3. The molecule has 0 amide bonds. The van der Waals surface area contributed by atoms with Crippen molar-refractivity contribution in [1.82, 2.24) is 0 Å². The zero-order valence-electron chi connectivity index (χ0n) is 19.5. The van der Waals surface area contributed by atoms with Crippen molar-refractivity contribution in [2.24, 2.45) is 0 Å². The number of para-hydroxylation sites is 1. The average molecular weight is 428 g/mol. The van der Waals surface area contributed by atoms with Crippen molar-refractivity contribution in [3.05, 3.63) is 121 Å². The molecule has 162 valence electrons. The first-order valence-corrected chi connectivity index (χ1v) is 11.5. The van der Waals surface area contributed by atoms with E-state index >= 15 is 0 Å². The van der Waals surface area contributed by atoms with E-state index in [2.05, 4.69) is 141 Å². The van der Waals surface area contributed by atoms with E-state index in [1.165, 1.54) is 38.6 Å². The van der Waals surface area contributed by atoms with Gasteiger partial charge in [-0.3, -0.25) is 0 Å². The molecule has 0 atom stereocenters. The van der Waals surface area contributed by atoms with Crippen LogP contribution in [0.15, 0.2) is 115 Å². The number of hydrogen-bond acceptors (Lipinski definition) is 1. The molecule has 0 fully saturated rings. The van der Waals surface area contributed by atoms with Crippen molar-refractivity contribution in [3.8, 4) is 22.3 Å². The van der Waals surface area contributed by atoms with E-state index in [1.807, 2.05) is 0 Å². The largest absolute Gasteiger partial charge is 0.355 e. The van der Waals surface area contributed by atoms with E-state index < -0.39 is 0 Å². The summed E-state index contributed by atoms with van der Waals surface area (Å²) in [7, 11) is 0. The molecule has 0 unspecified atom stereocenters. The van der Waals surface area contributed by atoms with Gasteiger partial charge in [0.2, 0.25) is 0 Å². The van der Waals surface area contributed by atoms with Crippen LogP contribution in [0.2, 0.25) is 0 Å². The number of rotatable bonds is 4. The van der Waals surface area contributed by atoms with Crippen LogP contribution in [0.25, 0.3) is 33.0 Å². The summed E-state index contributed by atoms with van der Waals surface area (Å²) in [5.74, 6) is 0. The van der Waals surface area contributed by atoms with E-state index in [-0.39, 0.29) is 5.41 Å². The average Bonchev–Trinajstić information content (AvgIpc) is 2.84. The fraction of sp³-hybridized carbons (Fsp3) is 0.125. The minimum Gasteiger partial charge on any atom is -0.355 e. The maximum absolute atomic E-state index is 3.62. The van der Waals surface area contributed by atoms with Gasteiger partial charge in [-0.25, -0.2) is 0 Å². The molecular weight excluding hydrogens is 398 g/mol. The van der Waals surface area contributed by atoms with E-state index in [9.17, 15) is 0 Å². The Hall–Kier alpha value is -3.84. The van der Waals surface area contributed by atoms with Gasteiger partial charge in [0.05, 0.1) is 0 Å². The van der Waals surface area contributed by atoms with Gasteiger partial charge in [0.15, 0.2) is 0 Å². The molecule has 33 heavy (non-hydrogen) atoms. The van der Waals surface area contributed by atoms with Gasteiger partial charge in [0.25, 0.3) is 0 Å². The summed E-state index contributed by atoms with van der Waals surface area (Å²) in [5, 5.41) is 6.26. The van der Waals surface area contributed by atoms with Crippen LogP contribution < -0.4 is 5.32 Å². The van der Waals surface area contributed by atoms with Gasteiger partial charge in [-0.15, -0.1) is 0 Å². The first kappa shape index (κ1) is 21.0. The van der Waals surface area contributed by atoms with Crippen molar-refractivity contribution in [1.29, 1.82) is 0 Å². The molecule has 0 heterocycles. The van der Waals surface area contributed by atoms with Gasteiger partial charge < -0.3 is 5.32 Å². The zero-order valence-corrected chi connectivity index (χ0v) is 19.5. The lowest BCUT2D eigenvalue weighted by Crippen LogP contribution is -2.11.